The second-order valence-electron chi connectivity index (χ2n) is 0.655. The van der Waals surface area contributed by atoms with Gasteiger partial charge in [0.05, 0.1) is 0 Å². The molecule has 4 heteroatoms. The highest BCUT2D eigenvalue weighted by Crippen LogP contribution is 1.86. The summed E-state index contributed by atoms with van der Waals surface area (Å²) in [5.41, 5.74) is 0. The van der Waals surface area contributed by atoms with Gasteiger partial charge >= 0.3 is 0 Å². The fourth-order valence-corrected chi connectivity index (χ4v) is 0. The number of nitrogens with zero attached hydrogens (tertiary/aromatic N) is 1. The van der Waals surface area contributed by atoms with Crippen LogP contribution >= 0.6 is 8.61 Å². The van der Waals surface area contributed by atoms with E-state index >= 15 is 0 Å². The molecule has 0 aliphatic rings. The van der Waals surface area contributed by atoms with E-state index in [1.54, 1.807) is 0 Å². The van der Waals surface area contributed by atoms with Crippen LogP contribution in [0.3, 0.4) is 0 Å². The first kappa shape index (κ1) is 5.02. The first-order valence-corrected chi connectivity index (χ1v) is 1.85. The SMILES string of the molecule is CN(N)P=O. The largest absolute Gasteiger partial charge is 0.263 e. The fourth-order valence-electron chi connectivity index (χ4n) is 0. The van der Waals surface area contributed by atoms with E-state index in [-0.39, 0.29) is 8.61 Å². The molecule has 0 bridgehead atoms. The topological polar surface area (TPSA) is 46.3 Å². The number of hydrazine groups is 1. The van der Waals surface area contributed by atoms with Gasteiger partial charge in [-0.25, -0.2) is 0 Å². The van der Waals surface area contributed by atoms with E-state index in [1.165, 1.54) is 7.05 Å². The summed E-state index contributed by atoms with van der Waals surface area (Å²) in [5, 5.41) is 0. The summed E-state index contributed by atoms with van der Waals surface area (Å²) in [6.45, 7) is 0. The van der Waals surface area contributed by atoms with Crippen LogP contribution in [0, 0.1) is 0 Å². The molecule has 0 atom stereocenters. The maximum absolute atomic E-state index is 9.40. The molecule has 0 aliphatic heterocycles. The monoisotopic (exact) mass is 92.0 g/mol. The lowest BCUT2D eigenvalue weighted by Gasteiger charge is -1.87. The molecule has 5 heavy (non-hydrogen) atoms. The lowest BCUT2D eigenvalue weighted by atomic mass is 11.5. The highest BCUT2D eigenvalue weighted by molar-refractivity contribution is 7.20. The zero-order valence-corrected chi connectivity index (χ0v) is 3.77. The Kier molecular flexibility index (Phi) is 2.28. The van der Waals surface area contributed by atoms with Gasteiger partial charge in [0, 0.05) is 7.05 Å². The minimum Gasteiger partial charge on any atom is -0.259 e. The van der Waals surface area contributed by atoms with Gasteiger partial charge in [0.25, 0.3) is 8.61 Å². The Labute approximate surface area is 32.0 Å². The molecule has 2 N–H and O–H groups in total. The lowest BCUT2D eigenvalue weighted by molar-refractivity contribution is 0.521. The first-order chi connectivity index (χ1) is 2.27. The van der Waals surface area contributed by atoms with E-state index in [4.69, 9.17) is 5.84 Å². The van der Waals surface area contributed by atoms with Crippen LogP contribution < -0.4 is 5.84 Å². The van der Waals surface area contributed by atoms with Gasteiger partial charge in [0.2, 0.25) is 0 Å². The zero-order valence-electron chi connectivity index (χ0n) is 2.88. The maximum Gasteiger partial charge on any atom is 0.263 e. The quantitative estimate of drug-likeness (QED) is 0.281. The average Bonchev–Trinajstić information content (AvgIpc) is 1.38. The Morgan fingerprint density at radius 3 is 2.20 bits per heavy atom. The smallest absolute Gasteiger partial charge is 0.259 e. The van der Waals surface area contributed by atoms with Crippen molar-refractivity contribution in [3.8, 4) is 0 Å². The van der Waals surface area contributed by atoms with Crippen molar-refractivity contribution >= 4 is 8.61 Å². The van der Waals surface area contributed by atoms with Crippen molar-refractivity contribution in [1.29, 1.82) is 0 Å². The van der Waals surface area contributed by atoms with Gasteiger partial charge in [-0.05, 0) is 0 Å². The van der Waals surface area contributed by atoms with Crippen LogP contribution in [0.4, 0.5) is 0 Å². The molecule has 0 aliphatic carbocycles. The summed E-state index contributed by atoms with van der Waals surface area (Å²) in [4.78, 5) is 0. The second-order valence-corrected chi connectivity index (χ2v) is 1.45. The highest BCUT2D eigenvalue weighted by atomic mass is 31.1. The summed E-state index contributed by atoms with van der Waals surface area (Å²) in [7, 11) is 1.37. The van der Waals surface area contributed by atoms with Crippen LogP contribution in [-0.4, -0.2) is 11.8 Å². The molecule has 0 aromatic carbocycles. The number of nitrogens with two attached hydrogens (primary N) is 1. The third-order valence-corrected chi connectivity index (χ3v) is 0.386. The summed E-state index contributed by atoms with van der Waals surface area (Å²) in [6, 6.07) is 0. The first-order valence-electron chi connectivity index (χ1n) is 1.09. The van der Waals surface area contributed by atoms with Gasteiger partial charge in [0.1, 0.15) is 0 Å². The number of hydrogen-bond donors (Lipinski definition) is 1. The molecule has 0 unspecified atom stereocenters. The summed E-state index contributed by atoms with van der Waals surface area (Å²) in [6.07, 6.45) is 0. The molecule has 0 fully saturated rings. The molecular weight excluding hydrogens is 87.0 g/mol. The molecule has 0 rings (SSSR count). The Balaban J connectivity index is 2.83. The molecule has 0 aromatic rings. The van der Waals surface area contributed by atoms with Crippen molar-refractivity contribution in [1.82, 2.24) is 4.78 Å². The average molecular weight is 92.0 g/mol. The summed E-state index contributed by atoms with van der Waals surface area (Å²) >= 11 is 0. The van der Waals surface area contributed by atoms with Gasteiger partial charge < -0.3 is 0 Å². The standard InChI is InChI=1S/CH5N2OP/c1-3(2)5-4/h2H2,1H3. The van der Waals surface area contributed by atoms with Crippen molar-refractivity contribution in [2.45, 2.75) is 0 Å². The molecule has 0 spiro atoms. The van der Waals surface area contributed by atoms with Crippen LogP contribution in [-0.2, 0) is 4.57 Å². The molecule has 0 aromatic heterocycles. The van der Waals surface area contributed by atoms with Gasteiger partial charge in [-0.2, -0.15) is 4.78 Å². The molecule has 0 amide bonds. The minimum absolute atomic E-state index is 0.142. The number of hydrogen-bond acceptors (Lipinski definition) is 2. The van der Waals surface area contributed by atoms with Crippen molar-refractivity contribution in [2.75, 3.05) is 7.05 Å². The van der Waals surface area contributed by atoms with E-state index in [1.807, 2.05) is 0 Å². The second kappa shape index (κ2) is 2.27. The highest BCUT2D eigenvalue weighted by Gasteiger charge is 1.74. The molecule has 3 nitrogen and oxygen atoms in total. The summed E-state index contributed by atoms with van der Waals surface area (Å²) in [5.74, 6) is 4.80. The molecule has 0 heterocycles. The van der Waals surface area contributed by atoms with E-state index < -0.39 is 0 Å². The molecule has 0 saturated carbocycles. The Bertz CT molecular complexity index is 36.6. The van der Waals surface area contributed by atoms with E-state index in [0.29, 0.717) is 0 Å². The Morgan fingerprint density at radius 2 is 2.20 bits per heavy atom. The van der Waals surface area contributed by atoms with E-state index in [0.717, 1.165) is 4.78 Å². The predicted octanol–water partition coefficient (Wildman–Crippen LogP) is -0.00140. The van der Waals surface area contributed by atoms with Gasteiger partial charge in [-0.3, -0.25) is 10.4 Å². The van der Waals surface area contributed by atoms with Gasteiger partial charge in [0.15, 0.2) is 0 Å². The number of rotatable bonds is 1. The maximum atomic E-state index is 9.40. The van der Waals surface area contributed by atoms with Crippen LogP contribution in [0.2, 0.25) is 0 Å². The van der Waals surface area contributed by atoms with Gasteiger partial charge in [-0.1, -0.05) is 0 Å². The van der Waals surface area contributed by atoms with Gasteiger partial charge in [-0.15, -0.1) is 0 Å². The normalized spacial score (nSPS) is 10.2. The van der Waals surface area contributed by atoms with Crippen LogP contribution in [0.5, 0.6) is 0 Å². The molecular formula is CH5N2OP. The zero-order chi connectivity index (χ0) is 4.28. The van der Waals surface area contributed by atoms with Crippen molar-refractivity contribution in [3.63, 3.8) is 0 Å². The van der Waals surface area contributed by atoms with E-state index in [9.17, 15) is 4.57 Å². The summed E-state index contributed by atoms with van der Waals surface area (Å²) < 4.78 is 10.4. The predicted molar refractivity (Wildman–Crippen MR) is 19.6 cm³/mol. The van der Waals surface area contributed by atoms with Crippen molar-refractivity contribution < 1.29 is 4.57 Å². The van der Waals surface area contributed by atoms with Crippen molar-refractivity contribution in [3.05, 3.63) is 0 Å². The van der Waals surface area contributed by atoms with Crippen LogP contribution in [0.15, 0.2) is 0 Å². The lowest BCUT2D eigenvalue weighted by Crippen LogP contribution is -2.12. The molecule has 0 radical (unpaired) electrons. The van der Waals surface area contributed by atoms with Crippen molar-refractivity contribution in [2.24, 2.45) is 5.84 Å². The van der Waals surface area contributed by atoms with Crippen LogP contribution in [0.25, 0.3) is 0 Å². The third-order valence-electron chi connectivity index (χ3n) is 0.129. The van der Waals surface area contributed by atoms with E-state index in [2.05, 4.69) is 0 Å². The minimum atomic E-state index is -0.142. The molecule has 30 valence electrons. The third kappa shape index (κ3) is 4.02. The van der Waals surface area contributed by atoms with Crippen LogP contribution in [0.1, 0.15) is 0 Å². The Hall–Kier alpha value is 0.0200. The fraction of sp³-hybridized carbons (Fsp3) is 1.00. The Morgan fingerprint density at radius 1 is 2.00 bits per heavy atom. The molecule has 0 saturated heterocycles.